The van der Waals surface area contributed by atoms with Gasteiger partial charge >= 0.3 is 0 Å². The minimum atomic E-state index is -0.645. The van der Waals surface area contributed by atoms with Crippen LogP contribution in [0.5, 0.6) is 0 Å². The lowest BCUT2D eigenvalue weighted by molar-refractivity contribution is 0.0990. The highest BCUT2D eigenvalue weighted by atomic mass is 35.5. The lowest BCUT2D eigenvalue weighted by Crippen LogP contribution is -2.30. The highest BCUT2D eigenvalue weighted by Gasteiger charge is 2.56. The summed E-state index contributed by atoms with van der Waals surface area (Å²) >= 11 is 27.2. The predicted octanol–water partition coefficient (Wildman–Crippen LogP) is 13.6. The molecule has 6 aromatic rings. The first-order valence-corrected chi connectivity index (χ1v) is 20.1. The monoisotopic (exact) mass is 800 g/mol. The van der Waals surface area contributed by atoms with Crippen LogP contribution in [0.15, 0.2) is 114 Å². The molecule has 4 nitrogen and oxygen atoms in total. The summed E-state index contributed by atoms with van der Waals surface area (Å²) in [5.74, 6) is 0.283. The largest absolute Gasteiger partial charge is 0.295 e. The number of hydrogen-bond acceptors (Lipinski definition) is 5. The van der Waals surface area contributed by atoms with Crippen molar-refractivity contribution in [1.82, 2.24) is 4.98 Å². The molecule has 0 amide bonds. The van der Waals surface area contributed by atoms with Crippen LogP contribution in [0.2, 0.25) is 20.1 Å². The predicted molar refractivity (Wildman–Crippen MR) is 222 cm³/mol. The zero-order chi connectivity index (χ0) is 37.0. The molecule has 9 heteroatoms. The number of carbonyl (C=O) groups excluding carboxylic acids is 2. The van der Waals surface area contributed by atoms with Crippen molar-refractivity contribution in [3.05, 3.63) is 173 Å². The molecule has 264 valence electrons. The molecule has 10 rings (SSSR count). The van der Waals surface area contributed by atoms with E-state index in [0.717, 1.165) is 63.0 Å². The number of nitrogens with zero attached hydrogens (tertiary/aromatic N) is 2. The molecule has 2 aromatic heterocycles. The van der Waals surface area contributed by atoms with E-state index in [-0.39, 0.29) is 36.8 Å². The number of halogens is 4. The SMILES string of the molecule is CC1CCC2=C(C1)C1(c3ccccc32)c2cc(C=C3C(=O)c4c(Cl)c(Cl)c(Cl)c(Cl)c4C3=O)sc2-c2ccc(N(c3ccccc3)c3ccccc3)nc21. The Morgan fingerprint density at radius 1 is 0.741 bits per heavy atom. The van der Waals surface area contributed by atoms with Crippen LogP contribution in [-0.4, -0.2) is 16.6 Å². The number of carbonyl (C=O) groups is 2. The molecule has 4 aliphatic carbocycles. The van der Waals surface area contributed by atoms with Gasteiger partial charge in [0.1, 0.15) is 5.82 Å². The van der Waals surface area contributed by atoms with Crippen molar-refractivity contribution in [1.29, 1.82) is 0 Å². The third kappa shape index (κ3) is 4.66. The molecular formula is C45H28Cl4N2O2S. The molecule has 0 N–H and O–H groups in total. The Kier molecular flexibility index (Phi) is 7.89. The van der Waals surface area contributed by atoms with Gasteiger partial charge in [-0.3, -0.25) is 14.5 Å². The van der Waals surface area contributed by atoms with Gasteiger partial charge in [-0.05, 0) is 102 Å². The molecular weight excluding hydrogens is 774 g/mol. The average Bonchev–Trinajstić information content (AvgIpc) is 3.89. The van der Waals surface area contributed by atoms with Crippen molar-refractivity contribution in [3.8, 4) is 10.4 Å². The highest BCUT2D eigenvalue weighted by molar-refractivity contribution is 7.16. The van der Waals surface area contributed by atoms with Gasteiger partial charge in [0.25, 0.3) is 0 Å². The first kappa shape index (κ1) is 34.0. The summed E-state index contributed by atoms with van der Waals surface area (Å²) in [5, 5.41) is -0.234. The number of rotatable bonds is 4. The molecule has 2 unspecified atom stereocenters. The van der Waals surface area contributed by atoms with Gasteiger partial charge in [0, 0.05) is 26.7 Å². The van der Waals surface area contributed by atoms with E-state index in [0.29, 0.717) is 5.92 Å². The van der Waals surface area contributed by atoms with Gasteiger partial charge in [-0.1, -0.05) is 114 Å². The summed E-state index contributed by atoms with van der Waals surface area (Å²) in [6, 6.07) is 35.8. The molecule has 2 heterocycles. The number of fused-ring (bicyclic) bond motifs is 10. The summed E-state index contributed by atoms with van der Waals surface area (Å²) in [7, 11) is 0. The van der Waals surface area contributed by atoms with Crippen molar-refractivity contribution in [3.63, 3.8) is 0 Å². The lowest BCUT2D eigenvalue weighted by atomic mass is 9.68. The number of anilines is 3. The Balaban J connectivity index is 1.21. The molecule has 1 spiro atoms. The van der Waals surface area contributed by atoms with E-state index in [1.54, 1.807) is 17.4 Å². The first-order valence-electron chi connectivity index (χ1n) is 17.8. The molecule has 2 atom stereocenters. The van der Waals surface area contributed by atoms with Gasteiger partial charge in [-0.2, -0.15) is 0 Å². The second-order valence-electron chi connectivity index (χ2n) is 14.3. The number of allylic oxidation sites excluding steroid dienone is 3. The van der Waals surface area contributed by atoms with Gasteiger partial charge in [0.2, 0.25) is 0 Å². The van der Waals surface area contributed by atoms with Crippen molar-refractivity contribution in [2.24, 2.45) is 5.92 Å². The van der Waals surface area contributed by atoms with E-state index in [2.05, 4.69) is 78.6 Å². The Morgan fingerprint density at radius 2 is 1.35 bits per heavy atom. The van der Waals surface area contributed by atoms with E-state index in [9.17, 15) is 9.59 Å². The number of aromatic nitrogens is 1. The van der Waals surface area contributed by atoms with E-state index in [1.165, 1.54) is 22.3 Å². The maximum atomic E-state index is 13.8. The van der Waals surface area contributed by atoms with Crippen LogP contribution in [-0.2, 0) is 5.41 Å². The lowest BCUT2D eigenvalue weighted by Gasteiger charge is -2.35. The molecule has 4 aromatic carbocycles. The van der Waals surface area contributed by atoms with Crippen LogP contribution in [0.3, 0.4) is 0 Å². The topological polar surface area (TPSA) is 50.3 Å². The molecule has 0 bridgehead atoms. The quantitative estimate of drug-likeness (QED) is 0.0771. The zero-order valence-electron chi connectivity index (χ0n) is 28.7. The van der Waals surface area contributed by atoms with Crippen molar-refractivity contribution < 1.29 is 9.59 Å². The fraction of sp³-hybridized carbons (Fsp3) is 0.133. The maximum absolute atomic E-state index is 13.8. The summed E-state index contributed by atoms with van der Waals surface area (Å²) < 4.78 is 0. The van der Waals surface area contributed by atoms with E-state index in [4.69, 9.17) is 51.4 Å². The summed E-state index contributed by atoms with van der Waals surface area (Å²) in [6.07, 6.45) is 4.72. The van der Waals surface area contributed by atoms with Crippen LogP contribution in [0, 0.1) is 5.92 Å². The number of hydrogen-bond donors (Lipinski definition) is 0. The fourth-order valence-corrected chi connectivity index (χ4v) is 11.2. The van der Waals surface area contributed by atoms with Crippen LogP contribution in [0.1, 0.15) is 74.2 Å². The number of thiophene rings is 1. The number of pyridine rings is 1. The minimum absolute atomic E-state index is 0.00736. The Labute approximate surface area is 336 Å². The highest BCUT2D eigenvalue weighted by Crippen LogP contribution is 2.66. The first-order chi connectivity index (χ1) is 26.2. The zero-order valence-corrected chi connectivity index (χ0v) is 32.6. The van der Waals surface area contributed by atoms with Crippen molar-refractivity contribution >= 4 is 98.1 Å². The number of Topliss-reactive ketones (excluding diaryl/α,β-unsaturated/α-hetero) is 2. The summed E-state index contributed by atoms with van der Waals surface area (Å²) in [6.45, 7) is 2.33. The molecule has 0 saturated heterocycles. The van der Waals surface area contributed by atoms with Gasteiger partial charge in [-0.25, -0.2) is 4.98 Å². The molecule has 0 fully saturated rings. The molecule has 54 heavy (non-hydrogen) atoms. The minimum Gasteiger partial charge on any atom is -0.295 e. The van der Waals surface area contributed by atoms with Gasteiger partial charge in [0.15, 0.2) is 11.6 Å². The van der Waals surface area contributed by atoms with Crippen LogP contribution < -0.4 is 4.90 Å². The van der Waals surface area contributed by atoms with Crippen LogP contribution in [0.4, 0.5) is 17.2 Å². The van der Waals surface area contributed by atoms with Crippen LogP contribution >= 0.6 is 57.7 Å². The van der Waals surface area contributed by atoms with Crippen molar-refractivity contribution in [2.45, 2.75) is 31.6 Å². The number of ketones is 2. The third-order valence-corrected chi connectivity index (χ3v) is 14.2. The standard InChI is InChI=1S/C45H28Cl4N2O2S/c1-23-16-17-28-27-14-8-9-15-31(27)45(32(28)20-23)33-22-26(21-30-41(52)35-36(42(30)53)38(47)40(49)39(48)37(35)46)54-43(33)29-18-19-34(50-44(29)45)51(24-10-4-2-5-11-24)25-12-6-3-7-13-25/h2-15,18-19,21-23H,16-17,20H2,1H3. The third-order valence-electron chi connectivity index (χ3n) is 11.3. The second kappa shape index (κ2) is 12.5. The number of para-hydroxylation sites is 2. The Morgan fingerprint density at radius 3 is 2.00 bits per heavy atom. The fourth-order valence-electron chi connectivity index (χ4n) is 9.01. The average molecular weight is 803 g/mol. The second-order valence-corrected chi connectivity index (χ2v) is 16.9. The Hall–Kier alpha value is -4.49. The van der Waals surface area contributed by atoms with Crippen molar-refractivity contribution in [2.75, 3.05) is 4.90 Å². The van der Waals surface area contributed by atoms with Gasteiger partial charge < -0.3 is 0 Å². The van der Waals surface area contributed by atoms with Crippen LogP contribution in [0.25, 0.3) is 22.1 Å². The van der Waals surface area contributed by atoms with E-state index in [1.807, 2.05) is 36.4 Å². The summed E-state index contributed by atoms with van der Waals surface area (Å²) in [5.41, 5.74) is 9.80. The number of benzene rings is 4. The van der Waals surface area contributed by atoms with Gasteiger partial charge in [-0.15, -0.1) is 11.3 Å². The molecule has 0 radical (unpaired) electrons. The maximum Gasteiger partial charge on any atom is 0.199 e. The molecule has 0 aliphatic heterocycles. The molecule has 0 saturated carbocycles. The van der Waals surface area contributed by atoms with E-state index >= 15 is 0 Å². The van der Waals surface area contributed by atoms with E-state index < -0.39 is 17.0 Å². The smallest absolute Gasteiger partial charge is 0.199 e. The Bertz CT molecular complexity index is 2610. The molecule has 4 aliphatic rings. The summed E-state index contributed by atoms with van der Waals surface area (Å²) in [4.78, 5) is 37.4. The normalized spacial score (nSPS) is 19.2. The van der Waals surface area contributed by atoms with Gasteiger partial charge in [0.05, 0.1) is 47.9 Å².